The summed E-state index contributed by atoms with van der Waals surface area (Å²) >= 11 is 0. The number of hydrogen-bond acceptors (Lipinski definition) is 2. The summed E-state index contributed by atoms with van der Waals surface area (Å²) in [5.74, 6) is 0. The lowest BCUT2D eigenvalue weighted by Gasteiger charge is -2.31. The van der Waals surface area contributed by atoms with Crippen LogP contribution in [-0.4, -0.2) is 0 Å². The summed E-state index contributed by atoms with van der Waals surface area (Å²) in [6, 6.07) is 66.8. The van der Waals surface area contributed by atoms with Gasteiger partial charge in [0.1, 0.15) is 0 Å². The van der Waals surface area contributed by atoms with Crippen LogP contribution in [0.3, 0.4) is 0 Å². The van der Waals surface area contributed by atoms with Gasteiger partial charge in [0.25, 0.3) is 0 Å². The van der Waals surface area contributed by atoms with Crippen LogP contribution in [-0.2, 0) is 11.0 Å². The second-order valence-corrected chi connectivity index (χ2v) is 14.7. The topological polar surface area (TPSA) is 49.8 Å². The van der Waals surface area contributed by atoms with E-state index >= 15 is 0 Å². The highest BCUT2D eigenvalue weighted by molar-refractivity contribution is 6.05. The van der Waals surface area contributed by atoms with Crippen molar-refractivity contribution in [2.45, 2.75) is 24.8 Å². The second-order valence-electron chi connectivity index (χ2n) is 14.7. The third kappa shape index (κ3) is 5.29. The Hall–Kier alpha value is -6.53. The molecule has 0 atom stereocenters. The molecule has 1 aliphatic carbocycles. The zero-order chi connectivity index (χ0) is 36.2. The van der Waals surface area contributed by atoms with Crippen LogP contribution in [0.15, 0.2) is 182 Å². The number of nitrogens with two attached hydrogens (primary N) is 1. The Morgan fingerprint density at radius 2 is 0.849 bits per heavy atom. The van der Waals surface area contributed by atoms with E-state index in [0.29, 0.717) is 5.56 Å². The van der Waals surface area contributed by atoms with Gasteiger partial charge in [0, 0.05) is 5.41 Å². The molecule has 0 unspecified atom stereocenters. The first-order chi connectivity index (χ1) is 25.9. The molecule has 2 N–H and O–H groups in total. The number of nitriles is 1. The van der Waals surface area contributed by atoms with Crippen molar-refractivity contribution in [2.75, 3.05) is 0 Å². The molecule has 2 heteroatoms. The van der Waals surface area contributed by atoms with Crippen molar-refractivity contribution < 1.29 is 0 Å². The van der Waals surface area contributed by atoms with Crippen LogP contribution in [0, 0.1) is 11.3 Å². The predicted molar refractivity (Wildman–Crippen MR) is 219 cm³/mol. The summed E-state index contributed by atoms with van der Waals surface area (Å²) in [6.07, 6.45) is 0. The zero-order valence-electron chi connectivity index (χ0n) is 29.8. The third-order valence-corrected chi connectivity index (χ3v) is 11.4. The molecule has 8 aromatic carbocycles. The number of fused-ring (bicyclic) bond motifs is 4. The molecule has 0 amide bonds. The minimum absolute atomic E-state index is 0.175. The highest BCUT2D eigenvalue weighted by atomic mass is 14.7. The SMILES string of the molecule is CC1(C)c2cc(C#N)ccc2-c2ccc(-c3ccc(-c4ccc(-c5ccc(C(N)(c6ccccc6)c6ccccc6)cc5)c5ccccc45)cc3)cc21. The van der Waals surface area contributed by atoms with Gasteiger partial charge >= 0.3 is 0 Å². The fourth-order valence-corrected chi connectivity index (χ4v) is 8.45. The molecule has 0 aromatic heterocycles. The minimum Gasteiger partial charge on any atom is -0.314 e. The summed E-state index contributed by atoms with van der Waals surface area (Å²) in [6.45, 7) is 4.52. The Balaban J connectivity index is 1.04. The van der Waals surface area contributed by atoms with E-state index in [1.54, 1.807) is 0 Å². The zero-order valence-corrected chi connectivity index (χ0v) is 29.8. The highest BCUT2D eigenvalue weighted by Gasteiger charge is 2.36. The third-order valence-electron chi connectivity index (χ3n) is 11.4. The normalized spacial score (nSPS) is 12.9. The molecule has 0 aliphatic heterocycles. The molecular weight excluding hydrogens is 641 g/mol. The average Bonchev–Trinajstić information content (AvgIpc) is 3.45. The van der Waals surface area contributed by atoms with E-state index in [0.717, 1.165) is 22.3 Å². The van der Waals surface area contributed by atoms with Gasteiger partial charge in [-0.1, -0.05) is 178 Å². The molecule has 9 rings (SSSR count). The molecule has 0 radical (unpaired) electrons. The van der Waals surface area contributed by atoms with Gasteiger partial charge in [-0.25, -0.2) is 0 Å². The predicted octanol–water partition coefficient (Wildman–Crippen LogP) is 12.3. The van der Waals surface area contributed by atoms with E-state index in [2.05, 4.69) is 184 Å². The van der Waals surface area contributed by atoms with Gasteiger partial charge in [-0.05, 0) is 101 Å². The van der Waals surface area contributed by atoms with Crippen LogP contribution in [0.4, 0.5) is 0 Å². The van der Waals surface area contributed by atoms with Gasteiger partial charge in [0.05, 0.1) is 17.2 Å². The van der Waals surface area contributed by atoms with Crippen molar-refractivity contribution in [3.63, 3.8) is 0 Å². The van der Waals surface area contributed by atoms with E-state index in [4.69, 9.17) is 5.73 Å². The first-order valence-corrected chi connectivity index (χ1v) is 18.2. The van der Waals surface area contributed by atoms with Gasteiger partial charge < -0.3 is 5.73 Å². The van der Waals surface area contributed by atoms with Crippen molar-refractivity contribution in [3.8, 4) is 50.6 Å². The van der Waals surface area contributed by atoms with Crippen molar-refractivity contribution in [3.05, 3.63) is 215 Å². The first kappa shape index (κ1) is 32.4. The monoisotopic (exact) mass is 678 g/mol. The van der Waals surface area contributed by atoms with E-state index in [1.165, 1.54) is 60.8 Å². The summed E-state index contributed by atoms with van der Waals surface area (Å²) in [4.78, 5) is 0. The molecule has 0 heterocycles. The average molecular weight is 679 g/mol. The van der Waals surface area contributed by atoms with Crippen LogP contribution >= 0.6 is 0 Å². The minimum atomic E-state index is -0.776. The summed E-state index contributed by atoms with van der Waals surface area (Å²) < 4.78 is 0. The maximum atomic E-state index is 9.52. The Bertz CT molecular complexity index is 2640. The summed E-state index contributed by atoms with van der Waals surface area (Å²) in [5, 5.41) is 12.0. The van der Waals surface area contributed by atoms with Gasteiger partial charge in [0.2, 0.25) is 0 Å². The summed E-state index contributed by atoms with van der Waals surface area (Å²) in [7, 11) is 0. The fraction of sp³-hybridized carbons (Fsp3) is 0.0784. The van der Waals surface area contributed by atoms with Crippen molar-refractivity contribution in [2.24, 2.45) is 5.73 Å². The first-order valence-electron chi connectivity index (χ1n) is 18.2. The largest absolute Gasteiger partial charge is 0.314 e. The van der Waals surface area contributed by atoms with Crippen molar-refractivity contribution in [1.82, 2.24) is 0 Å². The highest BCUT2D eigenvalue weighted by Crippen LogP contribution is 2.50. The lowest BCUT2D eigenvalue weighted by Crippen LogP contribution is -2.39. The van der Waals surface area contributed by atoms with E-state index in [1.807, 2.05) is 18.2 Å². The van der Waals surface area contributed by atoms with Crippen LogP contribution in [0.1, 0.15) is 47.2 Å². The molecule has 0 fully saturated rings. The van der Waals surface area contributed by atoms with Crippen LogP contribution in [0.25, 0.3) is 55.3 Å². The molecule has 0 saturated heterocycles. The number of nitrogens with zero attached hydrogens (tertiary/aromatic N) is 1. The number of benzene rings is 8. The quantitative estimate of drug-likeness (QED) is 0.178. The molecule has 252 valence electrons. The van der Waals surface area contributed by atoms with Gasteiger partial charge in [-0.2, -0.15) is 5.26 Å². The van der Waals surface area contributed by atoms with E-state index in [9.17, 15) is 5.26 Å². The van der Waals surface area contributed by atoms with Crippen LogP contribution in [0.5, 0.6) is 0 Å². The number of hydrogen-bond donors (Lipinski definition) is 1. The molecule has 0 spiro atoms. The number of rotatable bonds is 6. The van der Waals surface area contributed by atoms with Crippen molar-refractivity contribution in [1.29, 1.82) is 5.26 Å². The maximum absolute atomic E-state index is 9.52. The lowest BCUT2D eigenvalue weighted by molar-refractivity contribution is 0.653. The second kappa shape index (κ2) is 12.6. The van der Waals surface area contributed by atoms with Gasteiger partial charge in [0.15, 0.2) is 0 Å². The van der Waals surface area contributed by atoms with Crippen LogP contribution in [0.2, 0.25) is 0 Å². The molecule has 2 nitrogen and oxygen atoms in total. The van der Waals surface area contributed by atoms with Crippen LogP contribution < -0.4 is 5.73 Å². The fourth-order valence-electron chi connectivity index (χ4n) is 8.45. The van der Waals surface area contributed by atoms with Gasteiger partial charge in [-0.15, -0.1) is 0 Å². The standard InChI is InChI=1S/C51H38N2/c1-50(2)48-31-34(33-52)17-27-46(48)47-28-24-38(32-49(47)50)35-18-20-36(21-19-35)42-29-30-43(45-16-10-9-15-44(42)45)37-22-25-41(26-23-37)51(53,39-11-5-3-6-12-39)40-13-7-4-8-14-40/h3-32H,53H2,1-2H3. The Morgan fingerprint density at radius 1 is 0.434 bits per heavy atom. The Morgan fingerprint density at radius 3 is 1.40 bits per heavy atom. The van der Waals surface area contributed by atoms with Crippen molar-refractivity contribution >= 4 is 10.8 Å². The van der Waals surface area contributed by atoms with Gasteiger partial charge in [-0.3, -0.25) is 0 Å². The maximum Gasteiger partial charge on any atom is 0.0991 e. The Labute approximate surface area is 311 Å². The summed E-state index contributed by atoms with van der Waals surface area (Å²) in [5.41, 5.74) is 22.4. The van der Waals surface area contributed by atoms with E-state index < -0.39 is 5.54 Å². The smallest absolute Gasteiger partial charge is 0.0991 e. The molecule has 0 bridgehead atoms. The Kier molecular flexibility index (Phi) is 7.70. The molecule has 8 aromatic rings. The van der Waals surface area contributed by atoms with E-state index in [-0.39, 0.29) is 5.41 Å². The molecule has 53 heavy (non-hydrogen) atoms. The molecular formula is C51H38N2. The lowest BCUT2D eigenvalue weighted by atomic mass is 9.77. The molecule has 1 aliphatic rings. The molecule has 0 saturated carbocycles.